The fourth-order valence-electron chi connectivity index (χ4n) is 2.29. The monoisotopic (exact) mass is 259 g/mol. The van der Waals surface area contributed by atoms with Crippen LogP contribution in [0, 0.1) is 5.82 Å². The van der Waals surface area contributed by atoms with Crippen LogP contribution in [0.2, 0.25) is 0 Å². The Morgan fingerprint density at radius 2 is 2.21 bits per heavy atom. The second-order valence-electron chi connectivity index (χ2n) is 4.48. The molecule has 0 aliphatic carbocycles. The van der Waals surface area contributed by atoms with Crippen LogP contribution in [0.25, 0.3) is 0 Å². The van der Waals surface area contributed by atoms with E-state index in [1.807, 2.05) is 6.07 Å². The number of hydrogen-bond donors (Lipinski definition) is 2. The Bertz CT molecular complexity index is 584. The van der Waals surface area contributed by atoms with Crippen molar-refractivity contribution in [1.82, 2.24) is 9.97 Å². The zero-order chi connectivity index (χ0) is 13.2. The number of aromatic nitrogens is 2. The molecule has 3 rings (SSSR count). The fraction of sp³-hybridized carbons (Fsp3) is 0.231. The number of hydrazine groups is 1. The molecule has 2 heterocycles. The topological polar surface area (TPSA) is 67.1 Å². The number of hydrogen-bond acceptors (Lipinski definition) is 5. The Balaban J connectivity index is 1.80. The van der Waals surface area contributed by atoms with Crippen LogP contribution in [-0.2, 0) is 13.0 Å². The van der Waals surface area contributed by atoms with Gasteiger partial charge in [-0.2, -0.15) is 0 Å². The molecular weight excluding hydrogens is 245 g/mol. The number of benzene rings is 1. The molecule has 3 N–H and O–H groups in total. The summed E-state index contributed by atoms with van der Waals surface area (Å²) in [5, 5.41) is 0. The third kappa shape index (κ3) is 2.34. The largest absolute Gasteiger partial charge is 0.365 e. The summed E-state index contributed by atoms with van der Waals surface area (Å²) < 4.78 is 13.3. The minimum Gasteiger partial charge on any atom is -0.365 e. The number of nitrogens with zero attached hydrogens (tertiary/aromatic N) is 3. The SMILES string of the molecule is NNc1cnc(CN2CCc3ccc(F)cc32)cn1. The summed E-state index contributed by atoms with van der Waals surface area (Å²) in [6.07, 6.45) is 4.19. The van der Waals surface area contributed by atoms with Gasteiger partial charge in [0.15, 0.2) is 5.82 Å². The highest BCUT2D eigenvalue weighted by molar-refractivity contribution is 5.58. The van der Waals surface area contributed by atoms with Crippen LogP contribution in [0.3, 0.4) is 0 Å². The molecule has 0 atom stereocenters. The highest BCUT2D eigenvalue weighted by atomic mass is 19.1. The molecule has 0 spiro atoms. The number of rotatable bonds is 3. The first-order valence-electron chi connectivity index (χ1n) is 6.07. The molecule has 0 amide bonds. The normalized spacial score (nSPS) is 13.5. The molecule has 0 fully saturated rings. The second kappa shape index (κ2) is 4.81. The van der Waals surface area contributed by atoms with Crippen molar-refractivity contribution in [3.8, 4) is 0 Å². The first-order valence-corrected chi connectivity index (χ1v) is 6.07. The van der Waals surface area contributed by atoms with Crippen LogP contribution in [0.4, 0.5) is 15.9 Å². The van der Waals surface area contributed by atoms with Gasteiger partial charge in [-0.3, -0.25) is 4.98 Å². The zero-order valence-corrected chi connectivity index (χ0v) is 10.3. The number of nitrogen functional groups attached to an aromatic ring is 1. The molecular formula is C13H14FN5. The van der Waals surface area contributed by atoms with E-state index in [2.05, 4.69) is 20.3 Å². The van der Waals surface area contributed by atoms with Gasteiger partial charge >= 0.3 is 0 Å². The Hall–Kier alpha value is -2.21. The molecule has 0 unspecified atom stereocenters. The molecule has 98 valence electrons. The average Bonchev–Trinajstić information content (AvgIpc) is 2.82. The quantitative estimate of drug-likeness (QED) is 0.645. The maximum Gasteiger partial charge on any atom is 0.158 e. The van der Waals surface area contributed by atoms with E-state index in [1.54, 1.807) is 18.5 Å². The van der Waals surface area contributed by atoms with Crippen LogP contribution in [-0.4, -0.2) is 16.5 Å². The summed E-state index contributed by atoms with van der Waals surface area (Å²) >= 11 is 0. The van der Waals surface area contributed by atoms with Gasteiger partial charge in [-0.15, -0.1) is 0 Å². The first kappa shape index (κ1) is 11.9. The van der Waals surface area contributed by atoms with E-state index >= 15 is 0 Å². The van der Waals surface area contributed by atoms with Crippen molar-refractivity contribution in [3.05, 3.63) is 47.7 Å². The van der Waals surface area contributed by atoms with Crippen LogP contribution >= 0.6 is 0 Å². The van der Waals surface area contributed by atoms with Crippen LogP contribution < -0.4 is 16.2 Å². The predicted octanol–water partition coefficient (Wildman–Crippen LogP) is 1.46. The van der Waals surface area contributed by atoms with Crippen molar-refractivity contribution in [1.29, 1.82) is 0 Å². The summed E-state index contributed by atoms with van der Waals surface area (Å²) in [6, 6.07) is 4.92. The maximum atomic E-state index is 13.3. The van der Waals surface area contributed by atoms with E-state index in [0.717, 1.165) is 24.3 Å². The Morgan fingerprint density at radius 3 is 2.95 bits per heavy atom. The lowest BCUT2D eigenvalue weighted by Gasteiger charge is -2.18. The molecule has 0 saturated carbocycles. The Labute approximate surface area is 110 Å². The lowest BCUT2D eigenvalue weighted by Crippen LogP contribution is -2.20. The number of anilines is 2. The number of nitrogens with one attached hydrogen (secondary N) is 1. The molecule has 0 saturated heterocycles. The van der Waals surface area contributed by atoms with Crippen molar-refractivity contribution in [2.24, 2.45) is 5.84 Å². The molecule has 5 nitrogen and oxygen atoms in total. The lowest BCUT2D eigenvalue weighted by molar-refractivity contribution is 0.627. The molecule has 2 aromatic rings. The molecule has 1 aromatic heterocycles. The Morgan fingerprint density at radius 1 is 1.32 bits per heavy atom. The molecule has 0 radical (unpaired) electrons. The smallest absolute Gasteiger partial charge is 0.158 e. The van der Waals surface area contributed by atoms with Crippen LogP contribution in [0.5, 0.6) is 0 Å². The minimum absolute atomic E-state index is 0.209. The lowest BCUT2D eigenvalue weighted by atomic mass is 10.2. The van der Waals surface area contributed by atoms with Crippen molar-refractivity contribution in [2.45, 2.75) is 13.0 Å². The molecule has 1 aromatic carbocycles. The summed E-state index contributed by atoms with van der Waals surface area (Å²) in [4.78, 5) is 10.5. The van der Waals surface area contributed by atoms with Crippen molar-refractivity contribution in [2.75, 3.05) is 16.9 Å². The molecule has 19 heavy (non-hydrogen) atoms. The van der Waals surface area contributed by atoms with Gasteiger partial charge in [0.05, 0.1) is 24.6 Å². The molecule has 1 aliphatic rings. The van der Waals surface area contributed by atoms with Crippen molar-refractivity contribution >= 4 is 11.5 Å². The third-order valence-electron chi connectivity index (χ3n) is 3.25. The van der Waals surface area contributed by atoms with Gasteiger partial charge in [-0.05, 0) is 24.1 Å². The van der Waals surface area contributed by atoms with E-state index in [1.165, 1.54) is 11.6 Å². The van der Waals surface area contributed by atoms with Gasteiger partial charge in [0.25, 0.3) is 0 Å². The number of nitrogens with two attached hydrogens (primary N) is 1. The summed E-state index contributed by atoms with van der Waals surface area (Å²) in [5.74, 6) is 5.55. The summed E-state index contributed by atoms with van der Waals surface area (Å²) in [5.41, 5.74) is 5.39. The van der Waals surface area contributed by atoms with E-state index < -0.39 is 0 Å². The van der Waals surface area contributed by atoms with Gasteiger partial charge < -0.3 is 10.3 Å². The highest BCUT2D eigenvalue weighted by Crippen LogP contribution is 2.29. The van der Waals surface area contributed by atoms with Gasteiger partial charge in [0, 0.05) is 12.2 Å². The molecule has 1 aliphatic heterocycles. The second-order valence-corrected chi connectivity index (χ2v) is 4.48. The van der Waals surface area contributed by atoms with E-state index in [9.17, 15) is 4.39 Å². The maximum absolute atomic E-state index is 13.3. The predicted molar refractivity (Wildman–Crippen MR) is 71.0 cm³/mol. The van der Waals surface area contributed by atoms with E-state index in [4.69, 9.17) is 5.84 Å². The average molecular weight is 259 g/mol. The number of halogens is 1. The zero-order valence-electron chi connectivity index (χ0n) is 10.3. The summed E-state index contributed by atoms with van der Waals surface area (Å²) in [7, 11) is 0. The molecule has 0 bridgehead atoms. The summed E-state index contributed by atoms with van der Waals surface area (Å²) in [6.45, 7) is 1.49. The van der Waals surface area contributed by atoms with Crippen molar-refractivity contribution in [3.63, 3.8) is 0 Å². The van der Waals surface area contributed by atoms with Crippen LogP contribution in [0.15, 0.2) is 30.6 Å². The van der Waals surface area contributed by atoms with E-state index in [0.29, 0.717) is 12.4 Å². The van der Waals surface area contributed by atoms with Gasteiger partial charge in [-0.1, -0.05) is 6.07 Å². The third-order valence-corrected chi connectivity index (χ3v) is 3.25. The minimum atomic E-state index is -0.209. The van der Waals surface area contributed by atoms with Crippen LogP contribution in [0.1, 0.15) is 11.3 Å². The van der Waals surface area contributed by atoms with Gasteiger partial charge in [-0.25, -0.2) is 15.2 Å². The van der Waals surface area contributed by atoms with Gasteiger partial charge in [0.1, 0.15) is 5.82 Å². The molecule has 6 heteroatoms. The van der Waals surface area contributed by atoms with Gasteiger partial charge in [0.2, 0.25) is 0 Å². The first-order chi connectivity index (χ1) is 9.26. The highest BCUT2D eigenvalue weighted by Gasteiger charge is 2.20. The fourth-order valence-corrected chi connectivity index (χ4v) is 2.29. The standard InChI is InChI=1S/C13H14FN5/c14-10-2-1-9-3-4-19(12(9)5-10)8-11-6-17-13(18-15)7-16-11/h1-2,5-7H,3-4,8,15H2,(H,17,18). The number of fused-ring (bicyclic) bond motifs is 1. The van der Waals surface area contributed by atoms with Crippen molar-refractivity contribution < 1.29 is 4.39 Å². The Kier molecular flexibility index (Phi) is 3.00. The van der Waals surface area contributed by atoms with E-state index in [-0.39, 0.29) is 5.82 Å².